The van der Waals surface area contributed by atoms with Crippen LogP contribution in [0.25, 0.3) is 10.9 Å². The molecule has 1 aromatic heterocycles. The maximum Gasteiger partial charge on any atom is 0.269 e. The highest BCUT2D eigenvalue weighted by Crippen LogP contribution is 2.10. The van der Waals surface area contributed by atoms with Crippen LogP contribution >= 0.6 is 0 Å². The van der Waals surface area contributed by atoms with Crippen LogP contribution < -0.4 is 11.0 Å². The summed E-state index contributed by atoms with van der Waals surface area (Å²) in [6, 6.07) is 11.5. The Morgan fingerprint density at radius 3 is 2.65 bits per heavy atom. The van der Waals surface area contributed by atoms with Crippen LogP contribution in [0.1, 0.15) is 19.3 Å². The molecule has 0 radical (unpaired) electrons. The van der Waals surface area contributed by atoms with Gasteiger partial charge in [0.05, 0.1) is 5.52 Å². The van der Waals surface area contributed by atoms with Crippen LogP contribution in [0.5, 0.6) is 0 Å². The normalized spacial score (nSPS) is 16.4. The van der Waals surface area contributed by atoms with Crippen molar-refractivity contribution in [3.05, 3.63) is 46.8 Å². The lowest BCUT2D eigenvalue weighted by molar-refractivity contribution is 0.235. The van der Waals surface area contributed by atoms with Gasteiger partial charge in [0.15, 0.2) is 0 Å². The molecule has 4 heteroatoms. The van der Waals surface area contributed by atoms with Crippen molar-refractivity contribution in [2.24, 2.45) is 0 Å². The highest BCUT2D eigenvalue weighted by atomic mass is 16.1. The van der Waals surface area contributed by atoms with Gasteiger partial charge >= 0.3 is 0 Å². The van der Waals surface area contributed by atoms with Crippen LogP contribution in [-0.2, 0) is 0 Å². The predicted octanol–water partition coefficient (Wildman–Crippen LogP) is 2.03. The van der Waals surface area contributed by atoms with Crippen molar-refractivity contribution in [2.45, 2.75) is 19.3 Å². The fourth-order valence-corrected chi connectivity index (χ4v) is 2.85. The minimum atomic E-state index is 0.00217. The topological polar surface area (TPSA) is 37.3 Å². The zero-order valence-electron chi connectivity index (χ0n) is 11.7. The number of piperidine rings is 1. The molecule has 2 heterocycles. The Bertz CT molecular complexity index is 629. The van der Waals surface area contributed by atoms with Gasteiger partial charge in [-0.2, -0.15) is 0 Å². The van der Waals surface area contributed by atoms with Gasteiger partial charge in [-0.05, 0) is 38.1 Å². The number of fused-ring (bicyclic) bond motifs is 1. The van der Waals surface area contributed by atoms with Crippen molar-refractivity contribution < 1.29 is 0 Å². The molecule has 1 saturated heterocycles. The molecule has 4 nitrogen and oxygen atoms in total. The third-order valence-corrected chi connectivity index (χ3v) is 3.95. The minimum absolute atomic E-state index is 0.00217. The van der Waals surface area contributed by atoms with E-state index in [9.17, 15) is 4.79 Å². The number of nitrogens with one attached hydrogen (secondary N) is 1. The molecule has 1 N–H and O–H groups in total. The summed E-state index contributed by atoms with van der Waals surface area (Å²) in [5, 5.41) is 1.08. The largest absolute Gasteiger partial charge is 0.321 e. The van der Waals surface area contributed by atoms with Gasteiger partial charge in [0.25, 0.3) is 5.56 Å². The van der Waals surface area contributed by atoms with E-state index in [2.05, 4.69) is 10.3 Å². The summed E-state index contributed by atoms with van der Waals surface area (Å²) in [5.41, 5.74) is 4.21. The zero-order chi connectivity index (χ0) is 13.8. The minimum Gasteiger partial charge on any atom is -0.321 e. The first-order valence-electron chi connectivity index (χ1n) is 7.42. The van der Waals surface area contributed by atoms with E-state index in [1.165, 1.54) is 32.4 Å². The summed E-state index contributed by atoms with van der Waals surface area (Å²) in [5.74, 6) is 0. The van der Waals surface area contributed by atoms with E-state index in [-0.39, 0.29) is 5.56 Å². The van der Waals surface area contributed by atoms with Gasteiger partial charge in [0.1, 0.15) is 0 Å². The van der Waals surface area contributed by atoms with E-state index in [1.54, 1.807) is 10.7 Å². The van der Waals surface area contributed by atoms with Gasteiger partial charge < -0.3 is 10.3 Å². The fraction of sp³-hybridized carbons (Fsp3) is 0.438. The smallest absolute Gasteiger partial charge is 0.269 e. The second-order valence-electron chi connectivity index (χ2n) is 5.38. The molecule has 0 atom stereocenters. The van der Waals surface area contributed by atoms with Gasteiger partial charge in [-0.25, -0.2) is 4.68 Å². The van der Waals surface area contributed by atoms with E-state index >= 15 is 0 Å². The molecule has 0 spiro atoms. The third kappa shape index (κ3) is 2.85. The number of pyridine rings is 1. The number of aromatic nitrogens is 1. The molecule has 20 heavy (non-hydrogen) atoms. The van der Waals surface area contributed by atoms with Crippen LogP contribution in [0.3, 0.4) is 0 Å². The Balaban J connectivity index is 1.70. The number of hydrogen-bond acceptors (Lipinski definition) is 3. The summed E-state index contributed by atoms with van der Waals surface area (Å²) < 4.78 is 1.67. The Morgan fingerprint density at radius 1 is 1.00 bits per heavy atom. The molecular weight excluding hydrogens is 250 g/mol. The third-order valence-electron chi connectivity index (χ3n) is 3.95. The molecule has 2 aromatic rings. The van der Waals surface area contributed by atoms with Gasteiger partial charge in [0, 0.05) is 24.5 Å². The highest BCUT2D eigenvalue weighted by molar-refractivity contribution is 5.78. The second kappa shape index (κ2) is 6.09. The van der Waals surface area contributed by atoms with Crippen molar-refractivity contribution >= 4 is 10.9 Å². The number of hydrogen-bond donors (Lipinski definition) is 1. The van der Waals surface area contributed by atoms with E-state index in [0.29, 0.717) is 0 Å². The summed E-state index contributed by atoms with van der Waals surface area (Å²) >= 11 is 0. The maximum atomic E-state index is 12.0. The van der Waals surface area contributed by atoms with Crippen LogP contribution in [0, 0.1) is 0 Å². The zero-order valence-corrected chi connectivity index (χ0v) is 11.7. The first-order valence-corrected chi connectivity index (χ1v) is 7.42. The Hall–Kier alpha value is -1.81. The molecule has 0 amide bonds. The average molecular weight is 271 g/mol. The van der Waals surface area contributed by atoms with Crippen molar-refractivity contribution in [2.75, 3.05) is 31.6 Å². The van der Waals surface area contributed by atoms with Gasteiger partial charge in [-0.3, -0.25) is 4.79 Å². The van der Waals surface area contributed by atoms with E-state index in [4.69, 9.17) is 0 Å². The maximum absolute atomic E-state index is 12.0. The van der Waals surface area contributed by atoms with Crippen LogP contribution in [0.2, 0.25) is 0 Å². The monoisotopic (exact) mass is 271 g/mol. The Morgan fingerprint density at radius 2 is 1.80 bits per heavy atom. The molecule has 0 unspecified atom stereocenters. The summed E-state index contributed by atoms with van der Waals surface area (Å²) in [7, 11) is 0. The molecular formula is C16H21N3O. The second-order valence-corrected chi connectivity index (χ2v) is 5.38. The molecule has 1 fully saturated rings. The quantitative estimate of drug-likeness (QED) is 0.924. The van der Waals surface area contributed by atoms with Crippen molar-refractivity contribution in [3.8, 4) is 0 Å². The summed E-state index contributed by atoms with van der Waals surface area (Å²) in [4.78, 5) is 14.5. The predicted molar refractivity (Wildman–Crippen MR) is 82.7 cm³/mol. The lowest BCUT2D eigenvalue weighted by atomic mass is 10.1. The fourth-order valence-electron chi connectivity index (χ4n) is 2.85. The summed E-state index contributed by atoms with van der Waals surface area (Å²) in [6.45, 7) is 4.17. The van der Waals surface area contributed by atoms with Gasteiger partial charge in [-0.15, -0.1) is 0 Å². The number of rotatable bonds is 4. The van der Waals surface area contributed by atoms with Crippen LogP contribution in [0.4, 0.5) is 0 Å². The number of nitrogens with zero attached hydrogens (tertiary/aromatic N) is 2. The molecule has 1 aromatic carbocycles. The van der Waals surface area contributed by atoms with Crippen molar-refractivity contribution in [1.82, 2.24) is 9.58 Å². The molecule has 0 saturated carbocycles. The van der Waals surface area contributed by atoms with Crippen molar-refractivity contribution in [1.29, 1.82) is 0 Å². The molecule has 3 rings (SSSR count). The standard InChI is InChI=1S/C16H21N3O/c20-16-9-8-14-6-2-3-7-15(14)19(16)17-10-13-18-11-4-1-5-12-18/h2-3,6-9,17H,1,4-5,10-13H2. The van der Waals surface area contributed by atoms with Gasteiger partial charge in [0.2, 0.25) is 0 Å². The van der Waals surface area contributed by atoms with E-state index in [0.717, 1.165) is 24.0 Å². The summed E-state index contributed by atoms with van der Waals surface area (Å²) in [6.07, 6.45) is 3.95. The first kappa shape index (κ1) is 13.2. The van der Waals surface area contributed by atoms with E-state index < -0.39 is 0 Å². The SMILES string of the molecule is O=c1ccc2ccccc2n1NCCN1CCCCC1. The molecule has 0 bridgehead atoms. The molecule has 0 aliphatic carbocycles. The lowest BCUT2D eigenvalue weighted by Crippen LogP contribution is -2.37. The molecule has 1 aliphatic heterocycles. The van der Waals surface area contributed by atoms with Gasteiger partial charge in [-0.1, -0.05) is 24.6 Å². The molecule has 1 aliphatic rings. The lowest BCUT2D eigenvalue weighted by Gasteiger charge is -2.26. The average Bonchev–Trinajstić information content (AvgIpc) is 2.50. The highest BCUT2D eigenvalue weighted by Gasteiger charge is 2.09. The number of para-hydroxylation sites is 1. The first-order chi connectivity index (χ1) is 9.84. The molecule has 106 valence electrons. The number of benzene rings is 1. The van der Waals surface area contributed by atoms with Crippen molar-refractivity contribution in [3.63, 3.8) is 0 Å². The van der Waals surface area contributed by atoms with E-state index in [1.807, 2.05) is 30.3 Å². The Labute approximate surface area is 119 Å². The van der Waals surface area contributed by atoms with Crippen LogP contribution in [-0.4, -0.2) is 35.8 Å². The van der Waals surface area contributed by atoms with Crippen LogP contribution in [0.15, 0.2) is 41.2 Å². The number of likely N-dealkylation sites (tertiary alicyclic amines) is 1. The Kier molecular flexibility index (Phi) is 4.02.